The minimum absolute atomic E-state index is 0.161. The summed E-state index contributed by atoms with van der Waals surface area (Å²) in [5, 5.41) is 7.56. The molecule has 0 spiro atoms. The summed E-state index contributed by atoms with van der Waals surface area (Å²) in [6, 6.07) is 0.441. The Bertz CT molecular complexity index is 604. The smallest absolute Gasteiger partial charge is 0.234 e. The van der Waals surface area contributed by atoms with E-state index in [0.29, 0.717) is 19.1 Å². The molecular formula is C17H28N6OS. The van der Waals surface area contributed by atoms with Gasteiger partial charge in [0.15, 0.2) is 5.96 Å². The number of piperazine rings is 1. The van der Waals surface area contributed by atoms with Crippen molar-refractivity contribution in [3.63, 3.8) is 0 Å². The second-order valence-corrected chi connectivity index (χ2v) is 7.78. The first-order valence-electron chi connectivity index (χ1n) is 9.08. The third-order valence-electron chi connectivity index (χ3n) is 4.54. The molecular weight excluding hydrogens is 336 g/mol. The number of thiazole rings is 1. The molecule has 0 radical (unpaired) electrons. The molecule has 1 saturated carbocycles. The Morgan fingerprint density at radius 1 is 1.36 bits per heavy atom. The Morgan fingerprint density at radius 3 is 2.72 bits per heavy atom. The van der Waals surface area contributed by atoms with Gasteiger partial charge in [-0.25, -0.2) is 4.98 Å². The minimum atomic E-state index is 0.161. The summed E-state index contributed by atoms with van der Waals surface area (Å²) in [7, 11) is 1.82. The SMILES string of the molecule is CCc1cnc(CNC(=NC)N2CCN(CC(=O)NC3CC3)CC2)s1. The zero-order chi connectivity index (χ0) is 17.6. The third-order valence-corrected chi connectivity index (χ3v) is 5.68. The zero-order valence-corrected chi connectivity index (χ0v) is 15.9. The molecule has 0 unspecified atom stereocenters. The number of aliphatic imine (C=N–C) groups is 1. The number of carbonyl (C=O) groups excluding carboxylic acids is 1. The Kier molecular flexibility index (Phi) is 6.25. The molecule has 7 nitrogen and oxygen atoms in total. The van der Waals surface area contributed by atoms with Crippen LogP contribution < -0.4 is 10.6 Å². The number of nitrogens with zero attached hydrogens (tertiary/aromatic N) is 4. The Balaban J connectivity index is 1.41. The Labute approximate surface area is 153 Å². The van der Waals surface area contributed by atoms with E-state index in [1.54, 1.807) is 11.3 Å². The van der Waals surface area contributed by atoms with Crippen LogP contribution in [0.25, 0.3) is 0 Å². The average molecular weight is 365 g/mol. The summed E-state index contributed by atoms with van der Waals surface area (Å²) >= 11 is 1.75. The normalized spacial score (nSPS) is 19.1. The number of hydrogen-bond acceptors (Lipinski definition) is 5. The number of carbonyl (C=O) groups is 1. The molecule has 25 heavy (non-hydrogen) atoms. The van der Waals surface area contributed by atoms with Crippen LogP contribution in [0, 0.1) is 0 Å². The van der Waals surface area contributed by atoms with Gasteiger partial charge in [0.05, 0.1) is 13.1 Å². The summed E-state index contributed by atoms with van der Waals surface area (Å²) in [5.41, 5.74) is 0. The first-order valence-corrected chi connectivity index (χ1v) is 9.90. The lowest BCUT2D eigenvalue weighted by Crippen LogP contribution is -2.54. The highest BCUT2D eigenvalue weighted by atomic mass is 32.1. The van der Waals surface area contributed by atoms with Gasteiger partial charge in [0.1, 0.15) is 5.01 Å². The van der Waals surface area contributed by atoms with Crippen molar-refractivity contribution in [2.75, 3.05) is 39.8 Å². The summed E-state index contributed by atoms with van der Waals surface area (Å²) in [6.07, 6.45) is 5.26. The fourth-order valence-electron chi connectivity index (χ4n) is 2.90. The number of aromatic nitrogens is 1. The van der Waals surface area contributed by atoms with E-state index in [4.69, 9.17) is 0 Å². The van der Waals surface area contributed by atoms with Gasteiger partial charge in [0, 0.05) is 50.3 Å². The summed E-state index contributed by atoms with van der Waals surface area (Å²) in [5.74, 6) is 1.07. The van der Waals surface area contributed by atoms with Gasteiger partial charge in [-0.15, -0.1) is 11.3 Å². The van der Waals surface area contributed by atoms with Crippen LogP contribution in [-0.2, 0) is 17.8 Å². The van der Waals surface area contributed by atoms with Gasteiger partial charge >= 0.3 is 0 Å². The predicted molar refractivity (Wildman–Crippen MR) is 101 cm³/mol. The van der Waals surface area contributed by atoms with Crippen molar-refractivity contribution in [3.8, 4) is 0 Å². The molecule has 1 aromatic rings. The summed E-state index contributed by atoms with van der Waals surface area (Å²) in [6.45, 7) is 6.90. The molecule has 0 bridgehead atoms. The van der Waals surface area contributed by atoms with E-state index in [1.807, 2.05) is 13.2 Å². The number of aryl methyl sites for hydroxylation is 1. The van der Waals surface area contributed by atoms with E-state index in [2.05, 4.69) is 37.3 Å². The monoisotopic (exact) mass is 364 g/mol. The lowest BCUT2D eigenvalue weighted by molar-refractivity contribution is -0.122. The quantitative estimate of drug-likeness (QED) is 0.574. The van der Waals surface area contributed by atoms with Crippen LogP contribution >= 0.6 is 11.3 Å². The van der Waals surface area contributed by atoms with Crippen molar-refractivity contribution in [1.29, 1.82) is 0 Å². The summed E-state index contributed by atoms with van der Waals surface area (Å²) < 4.78 is 0. The molecule has 1 aliphatic carbocycles. The van der Waals surface area contributed by atoms with E-state index in [9.17, 15) is 4.79 Å². The Hall–Kier alpha value is -1.67. The minimum Gasteiger partial charge on any atom is -0.352 e. The van der Waals surface area contributed by atoms with E-state index in [1.165, 1.54) is 4.88 Å². The summed E-state index contributed by atoms with van der Waals surface area (Å²) in [4.78, 5) is 26.5. The van der Waals surface area contributed by atoms with Gasteiger partial charge in [-0.05, 0) is 19.3 Å². The van der Waals surface area contributed by atoms with Crippen LogP contribution in [0.3, 0.4) is 0 Å². The highest BCUT2D eigenvalue weighted by molar-refractivity contribution is 7.11. The van der Waals surface area contributed by atoms with Crippen molar-refractivity contribution in [1.82, 2.24) is 25.4 Å². The number of amides is 1. The van der Waals surface area contributed by atoms with Gasteiger partial charge < -0.3 is 15.5 Å². The predicted octanol–water partition coefficient (Wildman–Crippen LogP) is 0.677. The average Bonchev–Trinajstić information content (AvgIpc) is 3.31. The highest BCUT2D eigenvalue weighted by Gasteiger charge is 2.25. The molecule has 0 atom stereocenters. The molecule has 1 aliphatic heterocycles. The molecule has 2 heterocycles. The number of guanidine groups is 1. The van der Waals surface area contributed by atoms with Gasteiger partial charge in [-0.2, -0.15) is 0 Å². The molecule has 2 aliphatic rings. The second-order valence-electron chi connectivity index (χ2n) is 6.58. The largest absolute Gasteiger partial charge is 0.352 e. The highest BCUT2D eigenvalue weighted by Crippen LogP contribution is 2.18. The van der Waals surface area contributed by atoms with Crippen molar-refractivity contribution < 1.29 is 4.79 Å². The number of nitrogens with one attached hydrogen (secondary N) is 2. The van der Waals surface area contributed by atoms with Gasteiger partial charge in [0.25, 0.3) is 0 Å². The van der Waals surface area contributed by atoms with E-state index in [-0.39, 0.29) is 5.91 Å². The molecule has 8 heteroatoms. The maximum atomic E-state index is 11.9. The molecule has 1 amide bonds. The van der Waals surface area contributed by atoms with Crippen LogP contribution in [0.4, 0.5) is 0 Å². The van der Waals surface area contributed by atoms with Crippen LogP contribution in [0.5, 0.6) is 0 Å². The van der Waals surface area contributed by atoms with E-state index >= 15 is 0 Å². The van der Waals surface area contributed by atoms with Crippen LogP contribution in [0.2, 0.25) is 0 Å². The van der Waals surface area contributed by atoms with E-state index in [0.717, 1.165) is 56.4 Å². The first-order chi connectivity index (χ1) is 12.2. The van der Waals surface area contributed by atoms with Gasteiger partial charge in [0.2, 0.25) is 5.91 Å². The third kappa shape index (κ3) is 5.40. The van der Waals surface area contributed by atoms with Crippen LogP contribution in [0.1, 0.15) is 29.7 Å². The number of rotatable bonds is 6. The Morgan fingerprint density at radius 2 is 2.12 bits per heavy atom. The van der Waals surface area contributed by atoms with Crippen molar-refractivity contribution >= 4 is 23.2 Å². The van der Waals surface area contributed by atoms with Crippen LogP contribution in [-0.4, -0.2) is 72.5 Å². The fraction of sp³-hybridized carbons (Fsp3) is 0.706. The maximum absolute atomic E-state index is 11.9. The maximum Gasteiger partial charge on any atom is 0.234 e. The molecule has 0 aromatic carbocycles. The standard InChI is InChI=1S/C17H28N6OS/c1-3-14-10-19-16(25-14)11-20-17(18-2)23-8-6-22(7-9-23)12-15(24)21-13-4-5-13/h10,13H,3-9,11-12H2,1-2H3,(H,18,20)(H,21,24). The second kappa shape index (κ2) is 8.62. The lowest BCUT2D eigenvalue weighted by atomic mass is 10.3. The fourth-order valence-corrected chi connectivity index (χ4v) is 3.70. The molecule has 3 rings (SSSR count). The zero-order valence-electron chi connectivity index (χ0n) is 15.1. The van der Waals surface area contributed by atoms with Gasteiger partial charge in [-0.3, -0.25) is 14.7 Å². The molecule has 1 saturated heterocycles. The van der Waals surface area contributed by atoms with Crippen molar-refractivity contribution in [3.05, 3.63) is 16.1 Å². The topological polar surface area (TPSA) is 72.9 Å². The molecule has 138 valence electrons. The van der Waals surface area contributed by atoms with Crippen molar-refractivity contribution in [2.45, 2.75) is 38.8 Å². The lowest BCUT2D eigenvalue weighted by Gasteiger charge is -2.36. The van der Waals surface area contributed by atoms with Crippen molar-refractivity contribution in [2.24, 2.45) is 4.99 Å². The van der Waals surface area contributed by atoms with Gasteiger partial charge in [-0.1, -0.05) is 6.92 Å². The van der Waals surface area contributed by atoms with E-state index < -0.39 is 0 Å². The molecule has 2 N–H and O–H groups in total. The first kappa shape index (κ1) is 18.1. The number of hydrogen-bond donors (Lipinski definition) is 2. The molecule has 1 aromatic heterocycles. The van der Waals surface area contributed by atoms with Crippen LogP contribution in [0.15, 0.2) is 11.2 Å². The molecule has 2 fully saturated rings.